The number of amides is 1. The first-order valence-corrected chi connectivity index (χ1v) is 10.4. The SMILES string of the molecule is Cc1ccc(C2CS(=O)CC(C(=O)O)N2C(=O)OCc2ccccc2)s1. The predicted octanol–water partition coefficient (Wildman–Crippen LogP) is 2.95. The Hall–Kier alpha value is -2.19. The topological polar surface area (TPSA) is 83.9 Å². The molecule has 2 heterocycles. The van der Waals surface area contributed by atoms with Gasteiger partial charge in [-0.05, 0) is 24.6 Å². The number of hydrogen-bond donors (Lipinski definition) is 1. The minimum absolute atomic E-state index is 0.0573. The van der Waals surface area contributed by atoms with E-state index < -0.39 is 34.9 Å². The molecule has 8 heteroatoms. The third-order valence-corrected chi connectivity index (χ3v) is 6.63. The van der Waals surface area contributed by atoms with Crippen LogP contribution >= 0.6 is 11.3 Å². The van der Waals surface area contributed by atoms with E-state index in [0.29, 0.717) is 0 Å². The van der Waals surface area contributed by atoms with Gasteiger partial charge in [0.05, 0.1) is 11.8 Å². The van der Waals surface area contributed by atoms with Crippen molar-refractivity contribution in [1.82, 2.24) is 4.90 Å². The molecule has 2 aromatic rings. The Bertz CT molecular complexity index is 820. The molecule has 1 aliphatic heterocycles. The van der Waals surface area contributed by atoms with E-state index in [-0.39, 0.29) is 18.1 Å². The van der Waals surface area contributed by atoms with Gasteiger partial charge in [0, 0.05) is 26.3 Å². The van der Waals surface area contributed by atoms with Gasteiger partial charge >= 0.3 is 12.1 Å². The van der Waals surface area contributed by atoms with Crippen molar-refractivity contribution in [3.63, 3.8) is 0 Å². The van der Waals surface area contributed by atoms with Crippen molar-refractivity contribution < 1.29 is 23.6 Å². The minimum atomic E-state index is -1.31. The number of rotatable bonds is 4. The molecular weight excluding hydrogens is 374 g/mol. The molecule has 1 aromatic heterocycles. The molecule has 1 fully saturated rings. The average molecular weight is 393 g/mol. The Morgan fingerprint density at radius 1 is 1.23 bits per heavy atom. The molecule has 1 N–H and O–H groups in total. The van der Waals surface area contributed by atoms with Crippen LogP contribution in [0.2, 0.25) is 0 Å². The predicted molar refractivity (Wildman–Crippen MR) is 99.6 cm³/mol. The summed E-state index contributed by atoms with van der Waals surface area (Å²) in [5.74, 6) is -1.05. The number of aliphatic carboxylic acids is 1. The van der Waals surface area contributed by atoms with Crippen LogP contribution in [0.3, 0.4) is 0 Å². The van der Waals surface area contributed by atoms with E-state index in [1.807, 2.05) is 49.4 Å². The molecule has 138 valence electrons. The standard InChI is InChI=1S/C18H19NO5S2/c1-12-7-8-16(25-12)14-10-26(23)11-15(17(20)21)19(14)18(22)24-9-13-5-3-2-4-6-13/h2-8,14-15H,9-11H2,1H3,(H,20,21). The highest BCUT2D eigenvalue weighted by atomic mass is 32.2. The number of thiophene rings is 1. The van der Waals surface area contributed by atoms with Crippen molar-refractivity contribution in [2.45, 2.75) is 25.6 Å². The molecule has 0 bridgehead atoms. The fourth-order valence-electron chi connectivity index (χ4n) is 2.89. The van der Waals surface area contributed by atoms with Gasteiger partial charge in [0.1, 0.15) is 12.6 Å². The summed E-state index contributed by atoms with van der Waals surface area (Å²) in [4.78, 5) is 27.5. The molecule has 1 saturated heterocycles. The van der Waals surface area contributed by atoms with Crippen LogP contribution in [0.25, 0.3) is 0 Å². The zero-order valence-electron chi connectivity index (χ0n) is 14.2. The second kappa shape index (κ2) is 8.01. The van der Waals surface area contributed by atoms with Gasteiger partial charge in [-0.15, -0.1) is 11.3 Å². The smallest absolute Gasteiger partial charge is 0.411 e. The van der Waals surface area contributed by atoms with Crippen LogP contribution in [0.5, 0.6) is 0 Å². The first-order valence-electron chi connectivity index (χ1n) is 8.09. The van der Waals surface area contributed by atoms with Gasteiger partial charge in [-0.2, -0.15) is 0 Å². The van der Waals surface area contributed by atoms with Gasteiger partial charge in [0.15, 0.2) is 0 Å². The van der Waals surface area contributed by atoms with Gasteiger partial charge in [0.2, 0.25) is 0 Å². The van der Waals surface area contributed by atoms with Crippen molar-refractivity contribution >= 4 is 34.2 Å². The summed E-state index contributed by atoms with van der Waals surface area (Å²) < 4.78 is 17.6. The molecule has 0 radical (unpaired) electrons. The monoisotopic (exact) mass is 393 g/mol. The molecular formula is C18H19NO5S2. The number of benzene rings is 1. The summed E-state index contributed by atoms with van der Waals surface area (Å²) >= 11 is 1.47. The number of carboxylic acid groups (broad SMARTS) is 1. The van der Waals surface area contributed by atoms with Crippen molar-refractivity contribution in [3.8, 4) is 0 Å². The highest BCUT2D eigenvalue weighted by Crippen LogP contribution is 2.34. The second-order valence-corrected chi connectivity index (χ2v) is 8.90. The Morgan fingerprint density at radius 3 is 2.58 bits per heavy atom. The van der Waals surface area contributed by atoms with Crippen molar-refractivity contribution in [2.75, 3.05) is 11.5 Å². The maximum atomic E-state index is 12.7. The number of aryl methyl sites for hydroxylation is 1. The molecule has 1 aromatic carbocycles. The van der Waals surface area contributed by atoms with E-state index >= 15 is 0 Å². The first kappa shape index (κ1) is 18.6. The fourth-order valence-corrected chi connectivity index (χ4v) is 5.45. The molecule has 3 unspecified atom stereocenters. The molecule has 0 saturated carbocycles. The van der Waals surface area contributed by atoms with E-state index in [2.05, 4.69) is 0 Å². The third-order valence-electron chi connectivity index (χ3n) is 4.15. The quantitative estimate of drug-likeness (QED) is 0.863. The van der Waals surface area contributed by atoms with E-state index in [0.717, 1.165) is 15.3 Å². The van der Waals surface area contributed by atoms with Crippen LogP contribution in [0.15, 0.2) is 42.5 Å². The van der Waals surface area contributed by atoms with Crippen LogP contribution in [-0.4, -0.2) is 43.8 Å². The van der Waals surface area contributed by atoms with E-state index in [9.17, 15) is 18.9 Å². The summed E-state index contributed by atoms with van der Waals surface area (Å²) in [6, 6.07) is 11.2. The summed E-state index contributed by atoms with van der Waals surface area (Å²) in [6.07, 6.45) is -0.700. The largest absolute Gasteiger partial charge is 0.480 e. The lowest BCUT2D eigenvalue weighted by Crippen LogP contribution is -2.54. The molecule has 3 atom stereocenters. The summed E-state index contributed by atoms with van der Waals surface area (Å²) in [5, 5.41) is 9.55. The Labute approximate surface area is 157 Å². The molecule has 1 aliphatic rings. The summed E-state index contributed by atoms with van der Waals surface area (Å²) in [5.41, 5.74) is 0.817. The maximum Gasteiger partial charge on any atom is 0.411 e. The van der Waals surface area contributed by atoms with Crippen molar-refractivity contribution in [2.24, 2.45) is 0 Å². The van der Waals surface area contributed by atoms with Crippen molar-refractivity contribution in [1.29, 1.82) is 0 Å². The summed E-state index contributed by atoms with van der Waals surface area (Å²) in [7, 11) is -1.31. The van der Waals surface area contributed by atoms with Gasteiger partial charge in [-0.3, -0.25) is 9.11 Å². The van der Waals surface area contributed by atoms with Crippen LogP contribution in [0, 0.1) is 6.92 Å². The Balaban J connectivity index is 1.85. The lowest BCUT2D eigenvalue weighted by molar-refractivity contribution is -0.142. The number of carbonyl (C=O) groups is 2. The van der Waals surface area contributed by atoms with Gasteiger partial charge in [-0.1, -0.05) is 30.3 Å². The maximum absolute atomic E-state index is 12.7. The van der Waals surface area contributed by atoms with Gasteiger partial charge < -0.3 is 9.84 Å². The van der Waals surface area contributed by atoms with Gasteiger partial charge in [-0.25, -0.2) is 9.59 Å². The zero-order chi connectivity index (χ0) is 18.7. The van der Waals surface area contributed by atoms with E-state index in [4.69, 9.17) is 4.74 Å². The molecule has 26 heavy (non-hydrogen) atoms. The van der Waals surface area contributed by atoms with Crippen molar-refractivity contribution in [3.05, 3.63) is 57.8 Å². The molecule has 6 nitrogen and oxygen atoms in total. The van der Waals surface area contributed by atoms with Crippen LogP contribution in [0.1, 0.15) is 21.4 Å². The van der Waals surface area contributed by atoms with E-state index in [1.54, 1.807) is 0 Å². The summed E-state index contributed by atoms with van der Waals surface area (Å²) in [6.45, 7) is 1.99. The average Bonchev–Trinajstić information content (AvgIpc) is 3.06. The fraction of sp³-hybridized carbons (Fsp3) is 0.333. The highest BCUT2D eigenvalue weighted by Gasteiger charge is 2.43. The van der Waals surface area contributed by atoms with Crippen LogP contribution in [0.4, 0.5) is 4.79 Å². The molecule has 0 aliphatic carbocycles. The van der Waals surface area contributed by atoms with E-state index in [1.165, 1.54) is 16.2 Å². The third kappa shape index (κ3) is 4.13. The van der Waals surface area contributed by atoms with Gasteiger partial charge in [0.25, 0.3) is 0 Å². The number of hydrogen-bond acceptors (Lipinski definition) is 5. The lowest BCUT2D eigenvalue weighted by Gasteiger charge is -2.38. The number of ether oxygens (including phenoxy) is 1. The first-order chi connectivity index (χ1) is 12.5. The molecule has 3 rings (SSSR count). The lowest BCUT2D eigenvalue weighted by atomic mass is 10.1. The minimum Gasteiger partial charge on any atom is -0.480 e. The van der Waals surface area contributed by atoms with Crippen LogP contribution < -0.4 is 0 Å². The molecule has 1 amide bonds. The Kier molecular flexibility index (Phi) is 5.73. The number of carbonyl (C=O) groups excluding carboxylic acids is 1. The normalized spacial score (nSPS) is 22.8. The highest BCUT2D eigenvalue weighted by molar-refractivity contribution is 7.85. The number of carboxylic acids is 1. The molecule has 0 spiro atoms. The second-order valence-electron chi connectivity index (χ2n) is 6.04. The number of nitrogens with zero attached hydrogens (tertiary/aromatic N) is 1. The Morgan fingerprint density at radius 2 is 1.96 bits per heavy atom. The van der Waals surface area contributed by atoms with Crippen LogP contribution in [-0.2, 0) is 26.9 Å². The zero-order valence-corrected chi connectivity index (χ0v) is 15.8.